The first-order valence-electron chi connectivity index (χ1n) is 13.0. The van der Waals surface area contributed by atoms with Crippen molar-refractivity contribution < 1.29 is 19.1 Å². The van der Waals surface area contributed by atoms with E-state index in [1.807, 2.05) is 48.1 Å². The third kappa shape index (κ3) is 20.8. The number of ether oxygens (including phenoxy) is 2. The molecule has 0 radical (unpaired) electrons. The van der Waals surface area contributed by atoms with Crippen molar-refractivity contribution in [3.63, 3.8) is 0 Å². The van der Waals surface area contributed by atoms with Crippen molar-refractivity contribution in [2.75, 3.05) is 46.7 Å². The van der Waals surface area contributed by atoms with E-state index < -0.39 is 13.5 Å². The van der Waals surface area contributed by atoms with E-state index in [0.29, 0.717) is 38.2 Å². The minimum Gasteiger partial charge on any atom is -0.375 e. The van der Waals surface area contributed by atoms with Crippen molar-refractivity contribution in [2.45, 2.75) is 110 Å². The molecule has 34 heavy (non-hydrogen) atoms. The van der Waals surface area contributed by atoms with Crippen molar-refractivity contribution in [3.8, 4) is 0 Å². The molecule has 0 aromatic heterocycles. The zero-order chi connectivity index (χ0) is 26.6. The molecule has 0 aliphatic rings. The summed E-state index contributed by atoms with van der Waals surface area (Å²) < 4.78 is 11.6. The van der Waals surface area contributed by atoms with Gasteiger partial charge < -0.3 is 25.8 Å². The molecule has 7 nitrogen and oxygen atoms in total. The van der Waals surface area contributed by atoms with Crippen molar-refractivity contribution in [1.29, 1.82) is 0 Å². The Morgan fingerprint density at radius 1 is 0.941 bits per heavy atom. The van der Waals surface area contributed by atoms with E-state index in [-0.39, 0.29) is 17.6 Å². The van der Waals surface area contributed by atoms with E-state index in [9.17, 15) is 9.59 Å². The molecule has 0 saturated carbocycles. The highest BCUT2D eigenvalue weighted by Crippen LogP contribution is 2.28. The third-order valence-electron chi connectivity index (χ3n) is 5.43. The van der Waals surface area contributed by atoms with Crippen LogP contribution in [0.25, 0.3) is 0 Å². The summed E-state index contributed by atoms with van der Waals surface area (Å²) in [5.41, 5.74) is 4.96. The molecule has 0 aliphatic carbocycles. The van der Waals surface area contributed by atoms with Crippen LogP contribution >= 0.6 is 7.92 Å². The van der Waals surface area contributed by atoms with Gasteiger partial charge in [0, 0.05) is 13.1 Å². The molecular formula is C26H56N3O4P. The lowest BCUT2D eigenvalue weighted by Crippen LogP contribution is -2.37. The summed E-state index contributed by atoms with van der Waals surface area (Å²) in [6.45, 7) is 18.4. The number of carbonyl (C=O) groups is 2. The molecule has 4 N–H and O–H groups in total. The van der Waals surface area contributed by atoms with Gasteiger partial charge in [-0.2, -0.15) is 0 Å². The summed E-state index contributed by atoms with van der Waals surface area (Å²) in [6.07, 6.45) is 7.69. The Bertz CT molecular complexity index is 526. The summed E-state index contributed by atoms with van der Waals surface area (Å²) in [6, 6.07) is -0.0720. The highest BCUT2D eigenvalue weighted by atomic mass is 31.1. The summed E-state index contributed by atoms with van der Waals surface area (Å²) >= 11 is 0. The van der Waals surface area contributed by atoms with Gasteiger partial charge in [0.2, 0.25) is 5.91 Å². The minimum absolute atomic E-state index is 0.0134. The first-order valence-corrected chi connectivity index (χ1v) is 15.2. The zero-order valence-electron chi connectivity index (χ0n) is 23.7. The highest BCUT2D eigenvalue weighted by molar-refractivity contribution is 7.73. The SMILES string of the molecule is CCCCC.CN[C@@H](CCCCNC(=O)CC(C)(C)OCCC(C)(C)OCCN)C(=O)P(C)C. The fourth-order valence-electron chi connectivity index (χ4n) is 3.24. The summed E-state index contributed by atoms with van der Waals surface area (Å²) in [7, 11) is 1.26. The van der Waals surface area contributed by atoms with Crippen LogP contribution in [-0.2, 0) is 19.1 Å². The van der Waals surface area contributed by atoms with Gasteiger partial charge in [0.05, 0.1) is 36.9 Å². The number of carbonyl (C=O) groups excluding carboxylic acids is 2. The quantitative estimate of drug-likeness (QED) is 0.174. The molecule has 0 unspecified atom stereocenters. The summed E-state index contributed by atoms with van der Waals surface area (Å²) in [4.78, 5) is 24.3. The van der Waals surface area contributed by atoms with E-state index in [1.54, 1.807) is 0 Å². The van der Waals surface area contributed by atoms with E-state index in [1.165, 1.54) is 19.3 Å². The van der Waals surface area contributed by atoms with Gasteiger partial charge in [-0.3, -0.25) is 9.59 Å². The molecule has 0 saturated heterocycles. The minimum atomic E-state index is -0.572. The van der Waals surface area contributed by atoms with Crippen LogP contribution < -0.4 is 16.4 Å². The Hall–Kier alpha value is -0.590. The molecule has 0 aliphatic heterocycles. The van der Waals surface area contributed by atoms with Gasteiger partial charge in [0.1, 0.15) is 0 Å². The number of unbranched alkanes of at least 4 members (excludes halogenated alkanes) is 3. The van der Waals surface area contributed by atoms with Crippen LogP contribution in [0.15, 0.2) is 0 Å². The zero-order valence-corrected chi connectivity index (χ0v) is 24.6. The molecule has 0 fully saturated rings. The molecule has 0 bridgehead atoms. The van der Waals surface area contributed by atoms with Gasteiger partial charge in [0.25, 0.3) is 0 Å². The Labute approximate surface area is 211 Å². The molecule has 0 aromatic rings. The van der Waals surface area contributed by atoms with Crippen LogP contribution in [0, 0.1) is 0 Å². The third-order valence-corrected chi connectivity index (χ3v) is 6.62. The van der Waals surface area contributed by atoms with Crippen molar-refractivity contribution in [2.24, 2.45) is 5.73 Å². The van der Waals surface area contributed by atoms with Crippen LogP contribution in [0.4, 0.5) is 0 Å². The number of nitrogens with one attached hydrogen (secondary N) is 2. The van der Waals surface area contributed by atoms with Gasteiger partial charge in [-0.1, -0.05) is 33.1 Å². The lowest BCUT2D eigenvalue weighted by molar-refractivity contribution is -0.128. The van der Waals surface area contributed by atoms with Gasteiger partial charge in [-0.25, -0.2) is 0 Å². The largest absolute Gasteiger partial charge is 0.375 e. The van der Waals surface area contributed by atoms with E-state index in [2.05, 4.69) is 24.5 Å². The van der Waals surface area contributed by atoms with E-state index in [0.717, 1.165) is 25.7 Å². The smallest absolute Gasteiger partial charge is 0.222 e. The molecule has 0 rings (SSSR count). The number of amides is 1. The van der Waals surface area contributed by atoms with Crippen LogP contribution in [0.5, 0.6) is 0 Å². The molecule has 0 aromatic carbocycles. The van der Waals surface area contributed by atoms with E-state index >= 15 is 0 Å². The molecular weight excluding hydrogens is 449 g/mol. The lowest BCUT2D eigenvalue weighted by atomic mass is 10.0. The first-order chi connectivity index (χ1) is 15.9. The van der Waals surface area contributed by atoms with Gasteiger partial charge >= 0.3 is 0 Å². The maximum atomic E-state index is 12.2. The topological polar surface area (TPSA) is 103 Å². The second kappa shape index (κ2) is 20.6. The maximum absolute atomic E-state index is 12.2. The summed E-state index contributed by atoms with van der Waals surface area (Å²) in [5, 5.41) is 6.06. The average molecular weight is 506 g/mol. The maximum Gasteiger partial charge on any atom is 0.222 e. The first kappa shape index (κ1) is 35.6. The number of nitrogens with two attached hydrogens (primary N) is 1. The number of likely N-dealkylation sites (N-methyl/N-ethyl adjacent to an activating group) is 1. The Balaban J connectivity index is 0. The standard InChI is InChI=1S/C21H44N3O4P.C5H12/c1-20(2,28-15-12-22)11-14-27-21(3,4)16-18(25)24-13-9-8-10-17(23-5)19(26)29(6)7;1-3-5-4-2/h17,23H,8-16,22H2,1-7H3,(H,24,25);3-5H2,1-2H3/t17-;/m0./s1. The molecule has 0 spiro atoms. The van der Waals surface area contributed by atoms with Crippen molar-refractivity contribution in [3.05, 3.63) is 0 Å². The fraction of sp³-hybridized carbons (Fsp3) is 0.923. The predicted octanol–water partition coefficient (Wildman–Crippen LogP) is 4.65. The molecule has 1 amide bonds. The van der Waals surface area contributed by atoms with Crippen LogP contribution in [0.1, 0.15) is 92.9 Å². The van der Waals surface area contributed by atoms with Crippen LogP contribution in [0.2, 0.25) is 0 Å². The number of hydrogen-bond acceptors (Lipinski definition) is 6. The van der Waals surface area contributed by atoms with Gasteiger partial charge in [-0.15, -0.1) is 0 Å². The Kier molecular flexibility index (Phi) is 21.5. The van der Waals surface area contributed by atoms with Crippen LogP contribution in [-0.4, -0.2) is 75.4 Å². The van der Waals surface area contributed by atoms with E-state index in [4.69, 9.17) is 15.2 Å². The lowest BCUT2D eigenvalue weighted by Gasteiger charge is -2.29. The Morgan fingerprint density at radius 2 is 1.53 bits per heavy atom. The molecule has 0 heterocycles. The second-order valence-corrected chi connectivity index (χ2v) is 12.4. The number of rotatable bonds is 19. The summed E-state index contributed by atoms with van der Waals surface area (Å²) in [5.74, 6) is -0.0134. The van der Waals surface area contributed by atoms with Crippen molar-refractivity contribution >= 4 is 19.4 Å². The molecule has 204 valence electrons. The van der Waals surface area contributed by atoms with Gasteiger partial charge in [0.15, 0.2) is 5.52 Å². The second-order valence-electron chi connectivity index (χ2n) is 10.2. The average Bonchev–Trinajstić information content (AvgIpc) is 2.74. The monoisotopic (exact) mass is 505 g/mol. The normalized spacial score (nSPS) is 12.8. The molecule has 8 heteroatoms. The fourth-order valence-corrected chi connectivity index (χ4v) is 4.12. The highest BCUT2D eigenvalue weighted by Gasteiger charge is 2.25. The van der Waals surface area contributed by atoms with Gasteiger partial charge in [-0.05, 0) is 81.7 Å². The Morgan fingerprint density at radius 3 is 2.00 bits per heavy atom. The predicted molar refractivity (Wildman–Crippen MR) is 147 cm³/mol. The van der Waals surface area contributed by atoms with Crippen LogP contribution in [0.3, 0.4) is 0 Å². The number of hydrogen-bond donors (Lipinski definition) is 3. The van der Waals surface area contributed by atoms with Crippen molar-refractivity contribution in [1.82, 2.24) is 10.6 Å². The molecule has 1 atom stereocenters.